The number of ether oxygens (including phenoxy) is 1. The van der Waals surface area contributed by atoms with Crippen LogP contribution in [-0.4, -0.2) is 25.6 Å². The molecular weight excluding hydrogens is 252 g/mol. The minimum atomic E-state index is -0.0215. The highest BCUT2D eigenvalue weighted by atomic mass is 16.5. The minimum absolute atomic E-state index is 0.0215. The van der Waals surface area contributed by atoms with Crippen LogP contribution >= 0.6 is 0 Å². The first kappa shape index (κ1) is 13.4. The summed E-state index contributed by atoms with van der Waals surface area (Å²) in [7, 11) is 1.69. The molecule has 2 fully saturated rings. The molecule has 0 spiro atoms. The molecule has 1 amide bonds. The van der Waals surface area contributed by atoms with Crippen LogP contribution in [0.3, 0.4) is 0 Å². The van der Waals surface area contributed by atoms with Crippen molar-refractivity contribution >= 4 is 5.91 Å². The molecular formula is C16H22N2O2. The number of methoxy groups -OCH3 is 1. The highest BCUT2D eigenvalue weighted by molar-refractivity contribution is 5.82. The van der Waals surface area contributed by atoms with Crippen molar-refractivity contribution in [1.29, 1.82) is 0 Å². The van der Waals surface area contributed by atoms with Gasteiger partial charge in [0.1, 0.15) is 5.75 Å². The first-order chi connectivity index (χ1) is 9.78. The summed E-state index contributed by atoms with van der Waals surface area (Å²) < 4.78 is 5.45. The topological polar surface area (TPSA) is 50.4 Å². The van der Waals surface area contributed by atoms with Crippen molar-refractivity contribution in [3.8, 4) is 5.75 Å². The van der Waals surface area contributed by atoms with Crippen LogP contribution < -0.4 is 15.4 Å². The summed E-state index contributed by atoms with van der Waals surface area (Å²) >= 11 is 0. The first-order valence-corrected chi connectivity index (χ1v) is 7.46. The fourth-order valence-electron chi connectivity index (χ4n) is 2.79. The van der Waals surface area contributed by atoms with E-state index in [0.29, 0.717) is 6.54 Å². The minimum Gasteiger partial charge on any atom is -0.496 e. The number of amides is 1. The number of carbonyl (C=O) groups excluding carboxylic acids is 1. The second-order valence-electron chi connectivity index (χ2n) is 5.71. The molecule has 1 aliphatic carbocycles. The van der Waals surface area contributed by atoms with Gasteiger partial charge in [-0.1, -0.05) is 12.1 Å². The van der Waals surface area contributed by atoms with Gasteiger partial charge in [-0.05, 0) is 49.8 Å². The van der Waals surface area contributed by atoms with Gasteiger partial charge in [0, 0.05) is 12.1 Å². The Hall–Kier alpha value is -1.55. The lowest BCUT2D eigenvalue weighted by Crippen LogP contribution is -2.40. The maximum Gasteiger partial charge on any atom is 0.237 e. The molecule has 1 heterocycles. The SMILES string of the molecule is COc1cc(C2CC2)ccc1CNC(=O)[C@@H]1CCCN1. The predicted octanol–water partition coefficient (Wildman–Crippen LogP) is 1.94. The Balaban J connectivity index is 1.62. The molecule has 108 valence electrons. The normalized spacial score (nSPS) is 21.8. The lowest BCUT2D eigenvalue weighted by atomic mass is 10.1. The van der Waals surface area contributed by atoms with Crippen molar-refractivity contribution in [2.24, 2.45) is 0 Å². The Bertz CT molecular complexity index is 491. The third-order valence-corrected chi connectivity index (χ3v) is 4.19. The quantitative estimate of drug-likeness (QED) is 0.862. The molecule has 2 aliphatic rings. The Morgan fingerprint density at radius 2 is 2.25 bits per heavy atom. The number of hydrogen-bond donors (Lipinski definition) is 2. The molecule has 20 heavy (non-hydrogen) atoms. The fraction of sp³-hybridized carbons (Fsp3) is 0.562. The van der Waals surface area contributed by atoms with Gasteiger partial charge in [-0.15, -0.1) is 0 Å². The van der Waals surface area contributed by atoms with Crippen molar-refractivity contribution in [3.63, 3.8) is 0 Å². The van der Waals surface area contributed by atoms with E-state index in [1.165, 1.54) is 18.4 Å². The standard InChI is InChI=1S/C16H22N2O2/c1-20-15-9-12(11-4-5-11)6-7-13(15)10-18-16(19)14-3-2-8-17-14/h6-7,9,11,14,17H,2-5,8,10H2,1H3,(H,18,19)/t14-/m0/s1. The summed E-state index contributed by atoms with van der Waals surface area (Å²) in [5, 5.41) is 6.21. The average Bonchev–Trinajstić information content (AvgIpc) is 3.19. The molecule has 0 radical (unpaired) electrons. The zero-order chi connectivity index (χ0) is 13.9. The lowest BCUT2D eigenvalue weighted by Gasteiger charge is -2.14. The molecule has 1 saturated heterocycles. The second kappa shape index (κ2) is 5.83. The van der Waals surface area contributed by atoms with Gasteiger partial charge >= 0.3 is 0 Å². The smallest absolute Gasteiger partial charge is 0.237 e. The van der Waals surface area contributed by atoms with Crippen LogP contribution in [-0.2, 0) is 11.3 Å². The highest BCUT2D eigenvalue weighted by Gasteiger charge is 2.25. The molecule has 1 aromatic carbocycles. The molecule has 0 bridgehead atoms. The van der Waals surface area contributed by atoms with E-state index in [1.54, 1.807) is 7.11 Å². The van der Waals surface area contributed by atoms with Crippen molar-refractivity contribution in [1.82, 2.24) is 10.6 Å². The largest absolute Gasteiger partial charge is 0.496 e. The summed E-state index contributed by atoms with van der Waals surface area (Å²) in [5.41, 5.74) is 2.40. The molecule has 0 unspecified atom stereocenters. The Morgan fingerprint density at radius 1 is 1.40 bits per heavy atom. The maximum absolute atomic E-state index is 12.0. The highest BCUT2D eigenvalue weighted by Crippen LogP contribution is 2.41. The van der Waals surface area contributed by atoms with Gasteiger partial charge in [-0.25, -0.2) is 0 Å². The monoisotopic (exact) mass is 274 g/mol. The van der Waals surface area contributed by atoms with Gasteiger partial charge in [-0.3, -0.25) is 4.79 Å². The molecule has 4 heteroatoms. The van der Waals surface area contributed by atoms with Crippen LogP contribution in [0.5, 0.6) is 5.75 Å². The number of rotatable bonds is 5. The number of nitrogens with one attached hydrogen (secondary N) is 2. The summed E-state index contributed by atoms with van der Waals surface area (Å²) in [5.74, 6) is 1.69. The summed E-state index contributed by atoms with van der Waals surface area (Å²) in [6.07, 6.45) is 4.58. The lowest BCUT2D eigenvalue weighted by molar-refractivity contribution is -0.122. The average molecular weight is 274 g/mol. The van der Waals surface area contributed by atoms with Gasteiger partial charge in [-0.2, -0.15) is 0 Å². The van der Waals surface area contributed by atoms with Gasteiger partial charge in [0.05, 0.1) is 13.2 Å². The zero-order valence-electron chi connectivity index (χ0n) is 11.9. The molecule has 1 atom stereocenters. The van der Waals surface area contributed by atoms with E-state index in [9.17, 15) is 4.79 Å². The fourth-order valence-corrected chi connectivity index (χ4v) is 2.79. The van der Waals surface area contributed by atoms with E-state index in [-0.39, 0.29) is 11.9 Å². The number of hydrogen-bond acceptors (Lipinski definition) is 3. The van der Waals surface area contributed by atoms with E-state index in [0.717, 1.165) is 36.6 Å². The maximum atomic E-state index is 12.0. The van der Waals surface area contributed by atoms with Crippen molar-refractivity contribution in [3.05, 3.63) is 29.3 Å². The van der Waals surface area contributed by atoms with Crippen molar-refractivity contribution < 1.29 is 9.53 Å². The molecule has 4 nitrogen and oxygen atoms in total. The Labute approximate surface area is 119 Å². The van der Waals surface area contributed by atoms with Crippen LogP contribution in [0.4, 0.5) is 0 Å². The molecule has 2 N–H and O–H groups in total. The molecule has 1 aliphatic heterocycles. The summed E-state index contributed by atoms with van der Waals surface area (Å²) in [6, 6.07) is 6.34. The summed E-state index contributed by atoms with van der Waals surface area (Å²) in [4.78, 5) is 12.0. The number of benzene rings is 1. The van der Waals surface area contributed by atoms with Crippen LogP contribution in [0.15, 0.2) is 18.2 Å². The molecule has 1 aromatic rings. The van der Waals surface area contributed by atoms with Crippen molar-refractivity contribution in [2.75, 3.05) is 13.7 Å². The molecule has 0 aromatic heterocycles. The van der Waals surface area contributed by atoms with Gasteiger partial charge in [0.25, 0.3) is 0 Å². The van der Waals surface area contributed by atoms with Crippen LogP contribution in [0, 0.1) is 0 Å². The first-order valence-electron chi connectivity index (χ1n) is 7.46. The van der Waals surface area contributed by atoms with E-state index in [4.69, 9.17) is 4.74 Å². The van der Waals surface area contributed by atoms with Crippen LogP contribution in [0.25, 0.3) is 0 Å². The van der Waals surface area contributed by atoms with Crippen LogP contribution in [0.2, 0.25) is 0 Å². The van der Waals surface area contributed by atoms with Gasteiger partial charge in [0.15, 0.2) is 0 Å². The van der Waals surface area contributed by atoms with Crippen LogP contribution in [0.1, 0.15) is 42.7 Å². The van der Waals surface area contributed by atoms with E-state index in [2.05, 4.69) is 28.8 Å². The Morgan fingerprint density at radius 3 is 2.90 bits per heavy atom. The summed E-state index contributed by atoms with van der Waals surface area (Å²) in [6.45, 7) is 1.47. The number of carbonyl (C=O) groups is 1. The van der Waals surface area contributed by atoms with E-state index >= 15 is 0 Å². The molecule has 3 rings (SSSR count). The van der Waals surface area contributed by atoms with E-state index in [1.807, 2.05) is 0 Å². The predicted molar refractivity (Wildman–Crippen MR) is 77.8 cm³/mol. The van der Waals surface area contributed by atoms with Gasteiger partial charge in [0.2, 0.25) is 5.91 Å². The van der Waals surface area contributed by atoms with Gasteiger partial charge < -0.3 is 15.4 Å². The second-order valence-corrected chi connectivity index (χ2v) is 5.71. The molecule has 1 saturated carbocycles. The Kier molecular flexibility index (Phi) is 3.92. The third-order valence-electron chi connectivity index (χ3n) is 4.19. The van der Waals surface area contributed by atoms with Crippen molar-refractivity contribution in [2.45, 2.75) is 44.2 Å². The third kappa shape index (κ3) is 2.96. The van der Waals surface area contributed by atoms with E-state index < -0.39 is 0 Å². The zero-order valence-corrected chi connectivity index (χ0v) is 11.9.